The van der Waals surface area contributed by atoms with Crippen molar-refractivity contribution in [2.24, 2.45) is 0 Å². The summed E-state index contributed by atoms with van der Waals surface area (Å²) in [6.07, 6.45) is 1.78. The number of anilines is 1. The Hall–Kier alpha value is -1.68. The fourth-order valence-electron chi connectivity index (χ4n) is 1.71. The smallest absolute Gasteiger partial charge is 0.0950 e. The van der Waals surface area contributed by atoms with E-state index >= 15 is 0 Å². The van der Waals surface area contributed by atoms with E-state index in [1.54, 1.807) is 6.20 Å². The van der Waals surface area contributed by atoms with Gasteiger partial charge in [0.15, 0.2) is 0 Å². The van der Waals surface area contributed by atoms with Gasteiger partial charge in [-0.1, -0.05) is 32.0 Å². The molecule has 0 atom stereocenters. The average molecular weight is 230 g/mol. The van der Waals surface area contributed by atoms with Gasteiger partial charge in [-0.05, 0) is 6.07 Å². The predicted octanol–water partition coefficient (Wildman–Crippen LogP) is 2.04. The number of hydrogen-bond donors (Lipinski definition) is 2. The standard InChI is InChI=1S/C13H18N4/c1-10(2)14-7-8-15-13-9-16-17-12-6-4-3-5-11(12)13/h3-6,9-10,14H,7-8H2,1-2H3,(H,15,17). The van der Waals surface area contributed by atoms with Crippen molar-refractivity contribution < 1.29 is 0 Å². The van der Waals surface area contributed by atoms with Crippen LogP contribution in [0.5, 0.6) is 0 Å². The van der Waals surface area contributed by atoms with Crippen LogP contribution in [0.3, 0.4) is 0 Å². The van der Waals surface area contributed by atoms with Crippen LogP contribution in [0, 0.1) is 0 Å². The van der Waals surface area contributed by atoms with E-state index in [2.05, 4.69) is 40.7 Å². The lowest BCUT2D eigenvalue weighted by molar-refractivity contribution is 0.602. The molecule has 0 radical (unpaired) electrons. The molecule has 0 unspecified atom stereocenters. The molecule has 4 nitrogen and oxygen atoms in total. The first-order valence-corrected chi connectivity index (χ1v) is 5.95. The van der Waals surface area contributed by atoms with E-state index in [0.29, 0.717) is 6.04 Å². The fourth-order valence-corrected chi connectivity index (χ4v) is 1.71. The molecule has 0 aliphatic carbocycles. The van der Waals surface area contributed by atoms with Crippen molar-refractivity contribution in [2.45, 2.75) is 19.9 Å². The highest BCUT2D eigenvalue weighted by molar-refractivity contribution is 5.90. The van der Waals surface area contributed by atoms with Crippen molar-refractivity contribution >= 4 is 16.6 Å². The molecule has 17 heavy (non-hydrogen) atoms. The first-order valence-electron chi connectivity index (χ1n) is 5.95. The molecule has 1 heterocycles. The molecule has 0 aliphatic heterocycles. The number of hydrogen-bond acceptors (Lipinski definition) is 4. The second-order valence-electron chi connectivity index (χ2n) is 4.31. The molecule has 1 aromatic heterocycles. The van der Waals surface area contributed by atoms with Crippen LogP contribution in [-0.4, -0.2) is 29.3 Å². The molecular weight excluding hydrogens is 212 g/mol. The molecule has 0 aliphatic rings. The van der Waals surface area contributed by atoms with Crippen molar-refractivity contribution in [3.8, 4) is 0 Å². The summed E-state index contributed by atoms with van der Waals surface area (Å²) in [5, 5.41) is 15.9. The van der Waals surface area contributed by atoms with Gasteiger partial charge in [-0.25, -0.2) is 0 Å². The average Bonchev–Trinajstić information content (AvgIpc) is 2.34. The lowest BCUT2D eigenvalue weighted by atomic mass is 10.2. The monoisotopic (exact) mass is 230 g/mol. The van der Waals surface area contributed by atoms with E-state index in [9.17, 15) is 0 Å². The van der Waals surface area contributed by atoms with E-state index in [1.807, 2.05) is 18.2 Å². The maximum absolute atomic E-state index is 4.09. The third-order valence-electron chi connectivity index (χ3n) is 2.54. The molecule has 2 aromatic rings. The SMILES string of the molecule is CC(C)NCCNc1cnnc2ccccc12. The molecule has 0 fully saturated rings. The van der Waals surface area contributed by atoms with Gasteiger partial charge in [0.25, 0.3) is 0 Å². The van der Waals surface area contributed by atoms with Crippen LogP contribution >= 0.6 is 0 Å². The summed E-state index contributed by atoms with van der Waals surface area (Å²) in [6.45, 7) is 6.11. The lowest BCUT2D eigenvalue weighted by Gasteiger charge is -2.11. The van der Waals surface area contributed by atoms with E-state index in [4.69, 9.17) is 0 Å². The summed E-state index contributed by atoms with van der Waals surface area (Å²) < 4.78 is 0. The minimum absolute atomic E-state index is 0.518. The summed E-state index contributed by atoms with van der Waals surface area (Å²) in [5.74, 6) is 0. The zero-order valence-corrected chi connectivity index (χ0v) is 10.3. The normalized spacial score (nSPS) is 11.0. The molecule has 2 N–H and O–H groups in total. The Balaban J connectivity index is 2.03. The van der Waals surface area contributed by atoms with E-state index in [1.165, 1.54) is 0 Å². The van der Waals surface area contributed by atoms with E-state index < -0.39 is 0 Å². The third kappa shape index (κ3) is 3.14. The van der Waals surface area contributed by atoms with Gasteiger partial charge in [0, 0.05) is 24.5 Å². The maximum atomic E-state index is 4.09. The van der Waals surface area contributed by atoms with Crippen molar-refractivity contribution in [2.75, 3.05) is 18.4 Å². The maximum Gasteiger partial charge on any atom is 0.0950 e. The van der Waals surface area contributed by atoms with Gasteiger partial charge in [-0.15, -0.1) is 0 Å². The highest BCUT2D eigenvalue weighted by atomic mass is 15.1. The van der Waals surface area contributed by atoms with Crippen LogP contribution in [0.4, 0.5) is 5.69 Å². The van der Waals surface area contributed by atoms with Gasteiger partial charge in [0.2, 0.25) is 0 Å². The Bertz CT molecular complexity index is 476. The van der Waals surface area contributed by atoms with Crippen LogP contribution < -0.4 is 10.6 Å². The van der Waals surface area contributed by atoms with E-state index in [0.717, 1.165) is 29.7 Å². The molecule has 90 valence electrons. The molecule has 0 bridgehead atoms. The Labute approximate surface area is 101 Å². The molecule has 1 aromatic carbocycles. The van der Waals surface area contributed by atoms with E-state index in [-0.39, 0.29) is 0 Å². The van der Waals surface area contributed by atoms with Crippen molar-refractivity contribution in [3.63, 3.8) is 0 Å². The van der Waals surface area contributed by atoms with Crippen LogP contribution in [0.1, 0.15) is 13.8 Å². The zero-order chi connectivity index (χ0) is 12.1. The summed E-state index contributed by atoms with van der Waals surface area (Å²) in [4.78, 5) is 0. The Morgan fingerprint density at radius 2 is 2.00 bits per heavy atom. The van der Waals surface area contributed by atoms with Crippen LogP contribution in [0.2, 0.25) is 0 Å². The Kier molecular flexibility index (Phi) is 3.88. The second kappa shape index (κ2) is 5.59. The van der Waals surface area contributed by atoms with Gasteiger partial charge in [0.1, 0.15) is 0 Å². The first kappa shape index (κ1) is 11.8. The van der Waals surface area contributed by atoms with Crippen molar-refractivity contribution in [1.29, 1.82) is 0 Å². The number of fused-ring (bicyclic) bond motifs is 1. The summed E-state index contributed by atoms with van der Waals surface area (Å²) in [7, 11) is 0. The number of nitrogens with one attached hydrogen (secondary N) is 2. The summed E-state index contributed by atoms with van der Waals surface area (Å²) >= 11 is 0. The fraction of sp³-hybridized carbons (Fsp3) is 0.385. The molecule has 0 saturated carbocycles. The quantitative estimate of drug-likeness (QED) is 0.772. The number of rotatable bonds is 5. The van der Waals surface area contributed by atoms with Crippen LogP contribution in [0.15, 0.2) is 30.5 Å². The van der Waals surface area contributed by atoms with Gasteiger partial charge < -0.3 is 10.6 Å². The number of aromatic nitrogens is 2. The highest BCUT2D eigenvalue weighted by Crippen LogP contribution is 2.19. The topological polar surface area (TPSA) is 49.8 Å². The number of nitrogens with zero attached hydrogens (tertiary/aromatic N) is 2. The summed E-state index contributed by atoms with van der Waals surface area (Å²) in [5.41, 5.74) is 1.97. The minimum Gasteiger partial charge on any atom is -0.382 e. The van der Waals surface area contributed by atoms with Crippen molar-refractivity contribution in [1.82, 2.24) is 15.5 Å². The highest BCUT2D eigenvalue weighted by Gasteiger charge is 2.01. The molecule has 4 heteroatoms. The first-order chi connectivity index (χ1) is 8.27. The molecule has 2 rings (SSSR count). The van der Waals surface area contributed by atoms with Gasteiger partial charge in [0.05, 0.1) is 17.4 Å². The van der Waals surface area contributed by atoms with Gasteiger partial charge in [-0.3, -0.25) is 0 Å². The molecule has 0 amide bonds. The zero-order valence-electron chi connectivity index (χ0n) is 10.3. The summed E-state index contributed by atoms with van der Waals surface area (Å²) in [6, 6.07) is 8.54. The van der Waals surface area contributed by atoms with Gasteiger partial charge in [-0.2, -0.15) is 10.2 Å². The molecule has 0 saturated heterocycles. The molecular formula is C13H18N4. The lowest BCUT2D eigenvalue weighted by Crippen LogP contribution is -2.28. The Morgan fingerprint density at radius 1 is 1.18 bits per heavy atom. The third-order valence-corrected chi connectivity index (χ3v) is 2.54. The predicted molar refractivity (Wildman–Crippen MR) is 71.2 cm³/mol. The van der Waals surface area contributed by atoms with Crippen LogP contribution in [-0.2, 0) is 0 Å². The van der Waals surface area contributed by atoms with Crippen molar-refractivity contribution in [3.05, 3.63) is 30.5 Å². The van der Waals surface area contributed by atoms with Gasteiger partial charge >= 0.3 is 0 Å². The Morgan fingerprint density at radius 3 is 2.82 bits per heavy atom. The minimum atomic E-state index is 0.518. The molecule has 0 spiro atoms. The number of benzene rings is 1. The van der Waals surface area contributed by atoms with Crippen LogP contribution in [0.25, 0.3) is 10.9 Å². The second-order valence-corrected chi connectivity index (χ2v) is 4.31. The largest absolute Gasteiger partial charge is 0.382 e.